The third-order valence-corrected chi connectivity index (χ3v) is 6.30. The van der Waals surface area contributed by atoms with Crippen molar-refractivity contribution in [3.63, 3.8) is 0 Å². The number of β-amino-alcohol motifs (C(OH)–C–C–N with tert-alkyl or cyclic N) is 1. The van der Waals surface area contributed by atoms with Crippen LogP contribution in [0, 0.1) is 5.82 Å². The number of aliphatic hydroxyl groups is 1. The second-order valence-corrected chi connectivity index (χ2v) is 8.55. The minimum atomic E-state index is -4.42. The fourth-order valence-corrected chi connectivity index (χ4v) is 4.52. The number of aromatic amines is 1. The van der Waals surface area contributed by atoms with Crippen LogP contribution in [0.15, 0.2) is 42.5 Å². The summed E-state index contributed by atoms with van der Waals surface area (Å²) < 4.78 is 53.6. The lowest BCUT2D eigenvalue weighted by Gasteiger charge is -2.31. The van der Waals surface area contributed by atoms with Crippen molar-refractivity contribution in [1.82, 2.24) is 19.9 Å². The number of likely N-dealkylation sites (tertiary alicyclic amines) is 1. The number of H-pyrrole nitrogens is 1. The van der Waals surface area contributed by atoms with Crippen LogP contribution in [-0.4, -0.2) is 51.2 Å². The molecule has 6 nitrogen and oxygen atoms in total. The number of anilines is 2. The number of benzene rings is 2. The Morgan fingerprint density at radius 2 is 1.85 bits per heavy atom. The van der Waals surface area contributed by atoms with Crippen LogP contribution in [0.1, 0.15) is 29.9 Å². The number of aromatic nitrogens is 3. The van der Waals surface area contributed by atoms with Gasteiger partial charge >= 0.3 is 6.18 Å². The van der Waals surface area contributed by atoms with Crippen molar-refractivity contribution in [3.05, 3.63) is 59.4 Å². The summed E-state index contributed by atoms with van der Waals surface area (Å²) >= 11 is 0. The number of imidazole rings is 1. The molecule has 1 aliphatic heterocycles. The van der Waals surface area contributed by atoms with Gasteiger partial charge in [-0.3, -0.25) is 0 Å². The largest absolute Gasteiger partial charge is 0.416 e. The van der Waals surface area contributed by atoms with Crippen molar-refractivity contribution < 1.29 is 22.7 Å². The second-order valence-electron chi connectivity index (χ2n) is 8.55. The van der Waals surface area contributed by atoms with E-state index in [9.17, 15) is 17.6 Å². The molecule has 0 bridgehead atoms. The molecule has 10 heteroatoms. The van der Waals surface area contributed by atoms with Crippen LogP contribution in [0.2, 0.25) is 0 Å². The van der Waals surface area contributed by atoms with E-state index in [1.165, 1.54) is 12.1 Å². The Bertz CT molecular complexity index is 1330. The third-order valence-electron chi connectivity index (χ3n) is 6.30. The number of rotatable bonds is 5. The summed E-state index contributed by atoms with van der Waals surface area (Å²) in [6, 6.07) is 9.91. The first-order chi connectivity index (χ1) is 16.3. The summed E-state index contributed by atoms with van der Waals surface area (Å²) in [5.41, 5.74) is 1.35. The quantitative estimate of drug-likeness (QED) is 0.348. The minimum absolute atomic E-state index is 0.135. The number of alkyl halides is 3. The molecule has 2 aromatic heterocycles. The van der Waals surface area contributed by atoms with Gasteiger partial charge in [-0.05, 0) is 79.9 Å². The van der Waals surface area contributed by atoms with Crippen LogP contribution in [0.25, 0.3) is 21.9 Å². The summed E-state index contributed by atoms with van der Waals surface area (Å²) in [7, 11) is 0. The standard InChI is InChI=1S/C24H23F4N5O/c25-18-12-16(14-5-7-33(8-6-14)9-10-34)13-20-22(18)32-23(30-20)31-21-4-1-15-11-17(24(26,27)28)2-3-19(15)29-21/h1-4,11-14,34H,5-10H2,(H2,29,30,31,32). The molecule has 0 saturated carbocycles. The van der Waals surface area contributed by atoms with Gasteiger partial charge in [-0.25, -0.2) is 14.4 Å². The molecule has 3 heterocycles. The van der Waals surface area contributed by atoms with Gasteiger partial charge in [-0.15, -0.1) is 0 Å². The number of nitrogens with one attached hydrogen (secondary N) is 2. The average Bonchev–Trinajstić information content (AvgIpc) is 3.22. The highest BCUT2D eigenvalue weighted by Gasteiger charge is 2.30. The van der Waals surface area contributed by atoms with E-state index in [1.807, 2.05) is 6.07 Å². The highest BCUT2D eigenvalue weighted by molar-refractivity contribution is 5.83. The van der Waals surface area contributed by atoms with Gasteiger partial charge in [0.1, 0.15) is 11.3 Å². The molecule has 0 radical (unpaired) electrons. The molecule has 2 aromatic carbocycles. The Morgan fingerprint density at radius 1 is 1.06 bits per heavy atom. The zero-order chi connectivity index (χ0) is 23.9. The number of hydrogen-bond acceptors (Lipinski definition) is 5. The highest BCUT2D eigenvalue weighted by atomic mass is 19.4. The van der Waals surface area contributed by atoms with Crippen molar-refractivity contribution in [3.8, 4) is 0 Å². The maximum atomic E-state index is 14.8. The van der Waals surface area contributed by atoms with Gasteiger partial charge in [-0.1, -0.05) is 0 Å². The number of aliphatic hydroxyl groups excluding tert-OH is 1. The van der Waals surface area contributed by atoms with E-state index in [2.05, 4.69) is 25.2 Å². The lowest BCUT2D eigenvalue weighted by Crippen LogP contribution is -2.34. The molecule has 1 aliphatic rings. The summed E-state index contributed by atoms with van der Waals surface area (Å²) in [6.45, 7) is 2.51. The minimum Gasteiger partial charge on any atom is -0.395 e. The normalized spacial score (nSPS) is 15.9. The molecule has 5 rings (SSSR count). The molecule has 3 N–H and O–H groups in total. The number of halogens is 4. The van der Waals surface area contributed by atoms with Gasteiger partial charge in [0.05, 0.1) is 23.2 Å². The van der Waals surface area contributed by atoms with Crippen LogP contribution in [0.4, 0.5) is 29.3 Å². The van der Waals surface area contributed by atoms with E-state index in [-0.39, 0.29) is 18.0 Å². The van der Waals surface area contributed by atoms with Gasteiger partial charge in [0.15, 0.2) is 5.82 Å². The number of nitrogens with zero attached hydrogens (tertiary/aromatic N) is 3. The SMILES string of the molecule is OCCN1CCC(c2cc(F)c3nc(Nc4ccc5cc(C(F)(F)F)ccc5n4)[nH]c3c2)CC1. The third kappa shape index (κ3) is 4.55. The molecule has 0 unspecified atom stereocenters. The van der Waals surface area contributed by atoms with Crippen LogP contribution in [0.5, 0.6) is 0 Å². The zero-order valence-corrected chi connectivity index (χ0v) is 18.2. The Hall–Kier alpha value is -3.24. The zero-order valence-electron chi connectivity index (χ0n) is 18.2. The smallest absolute Gasteiger partial charge is 0.395 e. The first kappa shape index (κ1) is 22.5. The van der Waals surface area contributed by atoms with Crippen molar-refractivity contribution in [2.45, 2.75) is 24.9 Å². The maximum Gasteiger partial charge on any atom is 0.416 e. The van der Waals surface area contributed by atoms with Crippen LogP contribution >= 0.6 is 0 Å². The fourth-order valence-electron chi connectivity index (χ4n) is 4.52. The molecule has 1 saturated heterocycles. The molecule has 0 spiro atoms. The van der Waals surface area contributed by atoms with Crippen molar-refractivity contribution in [1.29, 1.82) is 0 Å². The van der Waals surface area contributed by atoms with Crippen LogP contribution < -0.4 is 5.32 Å². The Balaban J connectivity index is 1.36. The molecule has 178 valence electrons. The van der Waals surface area contributed by atoms with E-state index >= 15 is 0 Å². The first-order valence-corrected chi connectivity index (χ1v) is 11.1. The van der Waals surface area contributed by atoms with Gasteiger partial charge in [0.25, 0.3) is 0 Å². The van der Waals surface area contributed by atoms with Crippen molar-refractivity contribution in [2.75, 3.05) is 31.6 Å². The first-order valence-electron chi connectivity index (χ1n) is 11.1. The monoisotopic (exact) mass is 473 g/mol. The average molecular weight is 473 g/mol. The lowest BCUT2D eigenvalue weighted by atomic mass is 9.89. The van der Waals surface area contributed by atoms with Crippen molar-refractivity contribution in [2.24, 2.45) is 0 Å². The summed E-state index contributed by atoms with van der Waals surface area (Å²) in [6.07, 6.45) is -2.64. The lowest BCUT2D eigenvalue weighted by molar-refractivity contribution is -0.137. The number of fused-ring (bicyclic) bond motifs is 2. The molecule has 0 atom stereocenters. The topological polar surface area (TPSA) is 77.1 Å². The van der Waals surface area contributed by atoms with Gasteiger partial charge in [-0.2, -0.15) is 13.2 Å². The maximum absolute atomic E-state index is 14.8. The van der Waals surface area contributed by atoms with Crippen molar-refractivity contribution >= 4 is 33.7 Å². The van der Waals surface area contributed by atoms with E-state index in [0.717, 1.165) is 43.6 Å². The highest BCUT2D eigenvalue weighted by Crippen LogP contribution is 2.33. The number of pyridine rings is 1. The molecule has 4 aromatic rings. The predicted molar refractivity (Wildman–Crippen MR) is 122 cm³/mol. The van der Waals surface area contributed by atoms with Gasteiger partial charge in [0, 0.05) is 11.9 Å². The summed E-state index contributed by atoms with van der Waals surface area (Å²) in [4.78, 5) is 13.9. The number of piperidine rings is 1. The second kappa shape index (κ2) is 8.84. The molecule has 0 aliphatic carbocycles. The molecule has 1 fully saturated rings. The Morgan fingerprint density at radius 3 is 2.59 bits per heavy atom. The van der Waals surface area contributed by atoms with Crippen LogP contribution in [0.3, 0.4) is 0 Å². The Kier molecular flexibility index (Phi) is 5.86. The molecule has 34 heavy (non-hydrogen) atoms. The van der Waals surface area contributed by atoms with Gasteiger partial charge in [0.2, 0.25) is 5.95 Å². The van der Waals surface area contributed by atoms with E-state index in [4.69, 9.17) is 5.11 Å². The van der Waals surface area contributed by atoms with Crippen LogP contribution in [-0.2, 0) is 6.18 Å². The molecule has 0 amide bonds. The fraction of sp³-hybridized carbons (Fsp3) is 0.333. The number of hydrogen-bond donors (Lipinski definition) is 3. The van der Waals surface area contributed by atoms with Gasteiger partial charge < -0.3 is 20.3 Å². The predicted octanol–water partition coefficient (Wildman–Crippen LogP) is 5.18. The van der Waals surface area contributed by atoms with E-state index in [1.54, 1.807) is 12.1 Å². The van der Waals surface area contributed by atoms with E-state index < -0.39 is 17.6 Å². The summed E-state index contributed by atoms with van der Waals surface area (Å²) in [5, 5.41) is 12.4. The molecular weight excluding hydrogens is 450 g/mol. The molecular formula is C24H23F4N5O. The Labute approximate surface area is 192 Å². The summed E-state index contributed by atoms with van der Waals surface area (Å²) in [5.74, 6) is 0.490. The van der Waals surface area contributed by atoms with E-state index in [0.29, 0.717) is 34.7 Å².